The molecule has 2 rings (SSSR count). The van der Waals surface area contributed by atoms with Crippen molar-refractivity contribution < 1.29 is 23.8 Å². The van der Waals surface area contributed by atoms with E-state index in [0.29, 0.717) is 11.5 Å². The van der Waals surface area contributed by atoms with Gasteiger partial charge in [-0.2, -0.15) is 0 Å². The summed E-state index contributed by atoms with van der Waals surface area (Å²) in [6.07, 6.45) is -0.838. The zero-order valence-electron chi connectivity index (χ0n) is 18.2. The molecule has 3 atom stereocenters. The molecule has 7 heteroatoms. The van der Waals surface area contributed by atoms with E-state index >= 15 is 0 Å². The highest BCUT2D eigenvalue weighted by molar-refractivity contribution is 5.79. The van der Waals surface area contributed by atoms with Crippen LogP contribution in [0.15, 0.2) is 42.5 Å². The third-order valence-corrected chi connectivity index (χ3v) is 5.15. The van der Waals surface area contributed by atoms with Crippen molar-refractivity contribution in [3.63, 3.8) is 0 Å². The highest BCUT2D eigenvalue weighted by atomic mass is 19.1. The van der Waals surface area contributed by atoms with Gasteiger partial charge in [0.15, 0.2) is 0 Å². The fourth-order valence-corrected chi connectivity index (χ4v) is 3.26. The van der Waals surface area contributed by atoms with Gasteiger partial charge in [-0.25, -0.2) is 8.78 Å². The van der Waals surface area contributed by atoms with E-state index in [1.165, 1.54) is 17.7 Å². The van der Waals surface area contributed by atoms with Crippen LogP contribution in [-0.4, -0.2) is 47.5 Å². The molecule has 0 spiro atoms. The number of amides is 1. The van der Waals surface area contributed by atoms with Crippen molar-refractivity contribution in [3.8, 4) is 0 Å². The van der Waals surface area contributed by atoms with Gasteiger partial charge >= 0.3 is 0 Å². The van der Waals surface area contributed by atoms with Gasteiger partial charge < -0.3 is 20.8 Å². The summed E-state index contributed by atoms with van der Waals surface area (Å²) in [4.78, 5) is 12.6. The standard InChI is InChI=1S/C24H32F2N2O3/c1-15(2)19-6-4-17(5-7-19)11-24(31)28-22(23(30)13-27-16(3)14-29)10-18-8-20(25)12-21(26)9-18/h4-9,12,15-16,22-23,27,29-30H,10-11,13-14H2,1-3H3,(H,28,31)/t16?,22-,23-/m0/s1. The molecule has 0 aliphatic carbocycles. The van der Waals surface area contributed by atoms with Crippen molar-refractivity contribution in [2.24, 2.45) is 0 Å². The minimum Gasteiger partial charge on any atom is -0.395 e. The van der Waals surface area contributed by atoms with Gasteiger partial charge in [0.05, 0.1) is 25.2 Å². The third kappa shape index (κ3) is 8.36. The second-order valence-corrected chi connectivity index (χ2v) is 8.29. The number of aliphatic hydroxyl groups excluding tert-OH is 2. The fourth-order valence-electron chi connectivity index (χ4n) is 3.26. The molecule has 0 aromatic heterocycles. The number of benzene rings is 2. The topological polar surface area (TPSA) is 81.6 Å². The Balaban J connectivity index is 2.09. The number of hydrogen-bond acceptors (Lipinski definition) is 4. The van der Waals surface area contributed by atoms with Crippen molar-refractivity contribution in [1.82, 2.24) is 10.6 Å². The van der Waals surface area contributed by atoms with Crippen LogP contribution in [0.4, 0.5) is 8.78 Å². The monoisotopic (exact) mass is 434 g/mol. The molecular weight excluding hydrogens is 402 g/mol. The van der Waals surface area contributed by atoms with E-state index in [2.05, 4.69) is 24.5 Å². The summed E-state index contributed by atoms with van der Waals surface area (Å²) in [6, 6.07) is 9.90. The Hall–Kier alpha value is -2.35. The lowest BCUT2D eigenvalue weighted by Gasteiger charge is -2.26. The molecule has 0 aliphatic rings. The summed E-state index contributed by atoms with van der Waals surface area (Å²) in [5, 5.41) is 25.5. The Kier molecular flexibility index (Phi) is 9.55. The van der Waals surface area contributed by atoms with Crippen LogP contribution in [0.25, 0.3) is 0 Å². The first kappa shape index (κ1) is 24.9. The van der Waals surface area contributed by atoms with E-state index in [4.69, 9.17) is 5.11 Å². The predicted octanol–water partition coefficient (Wildman–Crippen LogP) is 2.69. The van der Waals surface area contributed by atoms with Crippen LogP contribution in [0.1, 0.15) is 43.4 Å². The van der Waals surface area contributed by atoms with Gasteiger partial charge in [0.1, 0.15) is 11.6 Å². The molecule has 2 aromatic carbocycles. The SMILES string of the molecule is CC(CO)NC[C@H](O)[C@H](Cc1cc(F)cc(F)c1)NC(=O)Cc1ccc(C(C)C)cc1. The number of nitrogens with one attached hydrogen (secondary N) is 2. The Morgan fingerprint density at radius 1 is 1.00 bits per heavy atom. The summed E-state index contributed by atoms with van der Waals surface area (Å²) in [5.41, 5.74) is 2.34. The lowest BCUT2D eigenvalue weighted by molar-refractivity contribution is -0.122. The van der Waals surface area contributed by atoms with Crippen molar-refractivity contribution in [1.29, 1.82) is 0 Å². The van der Waals surface area contributed by atoms with E-state index in [1.54, 1.807) is 6.92 Å². The maximum absolute atomic E-state index is 13.6. The van der Waals surface area contributed by atoms with Gasteiger partial charge in [0, 0.05) is 18.7 Å². The molecule has 0 saturated carbocycles. The van der Waals surface area contributed by atoms with Crippen LogP contribution >= 0.6 is 0 Å². The summed E-state index contributed by atoms with van der Waals surface area (Å²) in [6.45, 7) is 5.94. The van der Waals surface area contributed by atoms with E-state index in [-0.39, 0.29) is 37.9 Å². The molecule has 31 heavy (non-hydrogen) atoms. The van der Waals surface area contributed by atoms with E-state index in [0.717, 1.165) is 11.6 Å². The summed E-state index contributed by atoms with van der Waals surface area (Å²) in [7, 11) is 0. The van der Waals surface area contributed by atoms with Crippen LogP contribution < -0.4 is 10.6 Å². The van der Waals surface area contributed by atoms with Gasteiger partial charge in [-0.15, -0.1) is 0 Å². The number of rotatable bonds is 11. The predicted molar refractivity (Wildman–Crippen MR) is 117 cm³/mol. The summed E-state index contributed by atoms with van der Waals surface area (Å²) in [5.74, 6) is -1.34. The Bertz CT molecular complexity index is 823. The first-order valence-electron chi connectivity index (χ1n) is 10.5. The number of hydrogen-bond donors (Lipinski definition) is 4. The second kappa shape index (κ2) is 11.9. The molecule has 4 N–H and O–H groups in total. The fraction of sp³-hybridized carbons (Fsp3) is 0.458. The summed E-state index contributed by atoms with van der Waals surface area (Å²) < 4.78 is 27.2. The van der Waals surface area contributed by atoms with Gasteiger partial charge in [-0.05, 0) is 48.1 Å². The molecule has 0 bridgehead atoms. The molecule has 170 valence electrons. The van der Waals surface area contributed by atoms with Crippen molar-refractivity contribution in [3.05, 3.63) is 70.8 Å². The molecule has 2 aromatic rings. The first-order chi connectivity index (χ1) is 14.7. The highest BCUT2D eigenvalue weighted by Gasteiger charge is 2.23. The van der Waals surface area contributed by atoms with Crippen LogP contribution in [0.3, 0.4) is 0 Å². The number of aliphatic hydroxyl groups is 2. The average molecular weight is 435 g/mol. The van der Waals surface area contributed by atoms with E-state index in [1.807, 2.05) is 24.3 Å². The van der Waals surface area contributed by atoms with Crippen LogP contribution in [0.5, 0.6) is 0 Å². The molecule has 0 aliphatic heterocycles. The number of carbonyl (C=O) groups excluding carboxylic acids is 1. The molecule has 1 amide bonds. The number of carbonyl (C=O) groups is 1. The number of halogens is 2. The Morgan fingerprint density at radius 3 is 2.16 bits per heavy atom. The minimum atomic E-state index is -1.02. The van der Waals surface area contributed by atoms with Gasteiger partial charge in [-0.1, -0.05) is 38.1 Å². The molecule has 0 heterocycles. The molecule has 1 unspecified atom stereocenters. The van der Waals surface area contributed by atoms with E-state index in [9.17, 15) is 18.7 Å². The largest absolute Gasteiger partial charge is 0.395 e. The van der Waals surface area contributed by atoms with E-state index < -0.39 is 23.8 Å². The molecule has 5 nitrogen and oxygen atoms in total. The maximum Gasteiger partial charge on any atom is 0.224 e. The molecule has 0 fully saturated rings. The van der Waals surface area contributed by atoms with Gasteiger partial charge in [0.25, 0.3) is 0 Å². The average Bonchev–Trinajstić information content (AvgIpc) is 2.70. The molecular formula is C24H32F2N2O3. The van der Waals surface area contributed by atoms with Crippen LogP contribution in [-0.2, 0) is 17.6 Å². The Labute approximate surface area is 182 Å². The minimum absolute atomic E-state index is 0.0586. The van der Waals surface area contributed by atoms with Crippen molar-refractivity contribution >= 4 is 5.91 Å². The zero-order chi connectivity index (χ0) is 23.0. The molecule has 0 radical (unpaired) electrons. The quantitative estimate of drug-likeness (QED) is 0.438. The lowest BCUT2D eigenvalue weighted by Crippen LogP contribution is -2.50. The smallest absolute Gasteiger partial charge is 0.224 e. The maximum atomic E-state index is 13.6. The van der Waals surface area contributed by atoms with Gasteiger partial charge in [-0.3, -0.25) is 4.79 Å². The summed E-state index contributed by atoms with van der Waals surface area (Å²) >= 11 is 0. The third-order valence-electron chi connectivity index (χ3n) is 5.15. The Morgan fingerprint density at radius 2 is 1.61 bits per heavy atom. The van der Waals surface area contributed by atoms with Gasteiger partial charge in [0.2, 0.25) is 5.91 Å². The first-order valence-corrected chi connectivity index (χ1v) is 10.5. The lowest BCUT2D eigenvalue weighted by atomic mass is 9.99. The molecule has 0 saturated heterocycles. The second-order valence-electron chi connectivity index (χ2n) is 8.29. The van der Waals surface area contributed by atoms with Crippen molar-refractivity contribution in [2.75, 3.05) is 13.2 Å². The van der Waals surface area contributed by atoms with Crippen LogP contribution in [0, 0.1) is 11.6 Å². The van der Waals surface area contributed by atoms with Crippen LogP contribution in [0.2, 0.25) is 0 Å². The zero-order valence-corrected chi connectivity index (χ0v) is 18.2. The van der Waals surface area contributed by atoms with Crippen molar-refractivity contribution in [2.45, 2.75) is 57.7 Å². The normalized spacial score (nSPS) is 14.3. The highest BCUT2D eigenvalue weighted by Crippen LogP contribution is 2.16.